The number of anilines is 1. The van der Waals surface area contributed by atoms with E-state index in [0.29, 0.717) is 0 Å². The molecule has 1 fully saturated rings. The molecule has 0 aromatic carbocycles. The van der Waals surface area contributed by atoms with Crippen LogP contribution in [0.1, 0.15) is 37.5 Å². The van der Waals surface area contributed by atoms with E-state index in [2.05, 4.69) is 46.6 Å². The molecule has 22 heavy (non-hydrogen) atoms. The minimum Gasteiger partial charge on any atom is -0.370 e. The molecule has 0 aliphatic carbocycles. The van der Waals surface area contributed by atoms with Crippen molar-refractivity contribution in [2.24, 2.45) is 0 Å². The van der Waals surface area contributed by atoms with Gasteiger partial charge >= 0.3 is 0 Å². The molecule has 1 saturated heterocycles. The van der Waals surface area contributed by atoms with Gasteiger partial charge in [-0.2, -0.15) is 0 Å². The van der Waals surface area contributed by atoms with E-state index < -0.39 is 0 Å². The summed E-state index contributed by atoms with van der Waals surface area (Å²) in [6.45, 7) is 9.03. The highest BCUT2D eigenvalue weighted by Gasteiger charge is 2.19. The average Bonchev–Trinajstić information content (AvgIpc) is 3.11. The molecule has 2 aromatic heterocycles. The maximum atomic E-state index is 4.06. The Morgan fingerprint density at radius 2 is 2.00 bits per heavy atom. The van der Waals surface area contributed by atoms with Gasteiger partial charge in [0, 0.05) is 17.6 Å². The van der Waals surface area contributed by atoms with Gasteiger partial charge in [-0.05, 0) is 68.9 Å². The Balaban J connectivity index is 0.000000172. The van der Waals surface area contributed by atoms with Crippen LogP contribution in [0, 0.1) is 0 Å². The van der Waals surface area contributed by atoms with Gasteiger partial charge in [0.15, 0.2) is 0 Å². The zero-order chi connectivity index (χ0) is 15.6. The van der Waals surface area contributed by atoms with Crippen LogP contribution in [0.3, 0.4) is 0 Å². The molecule has 2 aromatic rings. The fraction of sp³-hybridized carbons (Fsp3) is 0.500. The van der Waals surface area contributed by atoms with Gasteiger partial charge in [0.1, 0.15) is 5.82 Å². The summed E-state index contributed by atoms with van der Waals surface area (Å²) in [5.41, 5.74) is 0. The smallest absolute Gasteiger partial charge is 0.125 e. The predicted molar refractivity (Wildman–Crippen MR) is 96.8 cm³/mol. The molecular formula is C18H27N3S. The molecule has 0 saturated carbocycles. The van der Waals surface area contributed by atoms with Crippen molar-refractivity contribution in [1.29, 1.82) is 0 Å². The number of pyridine rings is 1. The Hall–Kier alpha value is -1.39. The zero-order valence-electron chi connectivity index (χ0n) is 13.7. The van der Waals surface area contributed by atoms with Gasteiger partial charge in [0.2, 0.25) is 0 Å². The van der Waals surface area contributed by atoms with Crippen molar-refractivity contribution in [1.82, 2.24) is 9.88 Å². The van der Waals surface area contributed by atoms with Crippen molar-refractivity contribution < 1.29 is 0 Å². The third-order valence-corrected chi connectivity index (χ3v) is 5.04. The zero-order valence-corrected chi connectivity index (χ0v) is 14.5. The minimum atomic E-state index is 0.850. The molecule has 120 valence electrons. The summed E-state index contributed by atoms with van der Waals surface area (Å²) in [6.07, 6.45) is 4.49. The van der Waals surface area contributed by atoms with Crippen molar-refractivity contribution in [3.05, 3.63) is 46.8 Å². The van der Waals surface area contributed by atoms with Crippen LogP contribution in [-0.4, -0.2) is 36.1 Å². The van der Waals surface area contributed by atoms with E-state index >= 15 is 0 Å². The lowest BCUT2D eigenvalue weighted by Crippen LogP contribution is -2.32. The van der Waals surface area contributed by atoms with Gasteiger partial charge in [0.25, 0.3) is 0 Å². The standard InChI is InChI=1S/C11H17NS.C7H10N2/c1-2-12-7-5-10(6-8-12)11-4-3-9-13-11;1-2-8-7-5-3-4-6-9-7/h3-4,9-10H,2,5-8H2,1H3;3-6H,2H2,1H3,(H,8,9). The molecule has 1 N–H and O–H groups in total. The van der Waals surface area contributed by atoms with Gasteiger partial charge in [-0.3, -0.25) is 0 Å². The van der Waals surface area contributed by atoms with Gasteiger partial charge < -0.3 is 10.2 Å². The fourth-order valence-corrected chi connectivity index (χ4v) is 3.61. The number of piperidine rings is 1. The summed E-state index contributed by atoms with van der Waals surface area (Å²) >= 11 is 1.92. The number of aromatic nitrogens is 1. The molecule has 0 atom stereocenters. The molecule has 3 heterocycles. The largest absolute Gasteiger partial charge is 0.370 e. The maximum Gasteiger partial charge on any atom is 0.125 e. The van der Waals surface area contributed by atoms with Crippen molar-refractivity contribution in [2.75, 3.05) is 31.5 Å². The highest BCUT2D eigenvalue weighted by molar-refractivity contribution is 7.10. The first kappa shape index (κ1) is 17.0. The van der Waals surface area contributed by atoms with Crippen molar-refractivity contribution in [2.45, 2.75) is 32.6 Å². The maximum absolute atomic E-state index is 4.06. The Morgan fingerprint density at radius 3 is 2.55 bits per heavy atom. The first-order chi connectivity index (χ1) is 10.8. The van der Waals surface area contributed by atoms with Gasteiger partial charge in [-0.15, -0.1) is 11.3 Å². The summed E-state index contributed by atoms with van der Waals surface area (Å²) in [5, 5.41) is 5.29. The summed E-state index contributed by atoms with van der Waals surface area (Å²) in [5.74, 6) is 1.79. The van der Waals surface area contributed by atoms with Gasteiger partial charge in [0.05, 0.1) is 0 Å². The van der Waals surface area contributed by atoms with Crippen molar-refractivity contribution in [3.63, 3.8) is 0 Å². The summed E-state index contributed by atoms with van der Waals surface area (Å²) < 4.78 is 0. The molecule has 0 spiro atoms. The van der Waals surface area contributed by atoms with E-state index in [-0.39, 0.29) is 0 Å². The predicted octanol–water partition coefficient (Wildman–Crippen LogP) is 4.46. The van der Waals surface area contributed by atoms with E-state index in [4.69, 9.17) is 0 Å². The Labute approximate surface area is 138 Å². The Bertz CT molecular complexity index is 490. The van der Waals surface area contributed by atoms with Crippen LogP contribution in [0.15, 0.2) is 41.9 Å². The molecule has 3 rings (SSSR count). The lowest BCUT2D eigenvalue weighted by molar-refractivity contribution is 0.223. The fourth-order valence-electron chi connectivity index (χ4n) is 2.71. The second-order valence-electron chi connectivity index (χ2n) is 5.47. The lowest BCUT2D eigenvalue weighted by Gasteiger charge is -2.30. The number of nitrogens with one attached hydrogen (secondary N) is 1. The average molecular weight is 318 g/mol. The second-order valence-corrected chi connectivity index (χ2v) is 6.45. The first-order valence-electron chi connectivity index (χ1n) is 8.24. The van der Waals surface area contributed by atoms with Crippen LogP contribution in [0.25, 0.3) is 0 Å². The van der Waals surface area contributed by atoms with Crippen LogP contribution < -0.4 is 5.32 Å². The second kappa shape index (κ2) is 9.59. The Kier molecular flexibility index (Phi) is 7.40. The molecule has 1 aliphatic heterocycles. The summed E-state index contributed by atoms with van der Waals surface area (Å²) in [7, 11) is 0. The molecule has 3 nitrogen and oxygen atoms in total. The van der Waals surface area contributed by atoms with E-state index in [1.54, 1.807) is 11.1 Å². The third-order valence-electron chi connectivity index (χ3n) is 4.00. The SMILES string of the molecule is CCN1CCC(c2cccs2)CC1.CCNc1ccccn1. The van der Waals surface area contributed by atoms with Crippen LogP contribution >= 0.6 is 11.3 Å². The number of rotatable bonds is 4. The lowest BCUT2D eigenvalue weighted by atomic mass is 9.95. The number of hydrogen-bond donors (Lipinski definition) is 1. The van der Waals surface area contributed by atoms with Crippen LogP contribution in [0.2, 0.25) is 0 Å². The van der Waals surface area contributed by atoms with E-state index in [1.165, 1.54) is 32.5 Å². The molecule has 0 amide bonds. The number of hydrogen-bond acceptors (Lipinski definition) is 4. The van der Waals surface area contributed by atoms with Crippen LogP contribution in [0.4, 0.5) is 5.82 Å². The number of nitrogens with zero attached hydrogens (tertiary/aromatic N) is 2. The molecular weight excluding hydrogens is 290 g/mol. The number of thiophene rings is 1. The normalized spacial score (nSPS) is 15.9. The van der Waals surface area contributed by atoms with E-state index in [9.17, 15) is 0 Å². The monoisotopic (exact) mass is 317 g/mol. The van der Waals surface area contributed by atoms with E-state index in [1.807, 2.05) is 29.5 Å². The van der Waals surface area contributed by atoms with Gasteiger partial charge in [-0.25, -0.2) is 4.98 Å². The highest BCUT2D eigenvalue weighted by Crippen LogP contribution is 2.30. The summed E-state index contributed by atoms with van der Waals surface area (Å²) in [4.78, 5) is 8.20. The first-order valence-corrected chi connectivity index (χ1v) is 9.12. The third kappa shape index (κ3) is 5.43. The molecule has 1 aliphatic rings. The van der Waals surface area contributed by atoms with Crippen molar-refractivity contribution in [3.8, 4) is 0 Å². The topological polar surface area (TPSA) is 28.2 Å². The van der Waals surface area contributed by atoms with Gasteiger partial charge in [-0.1, -0.05) is 19.1 Å². The van der Waals surface area contributed by atoms with E-state index in [0.717, 1.165) is 18.3 Å². The minimum absolute atomic E-state index is 0.850. The quantitative estimate of drug-likeness (QED) is 0.902. The molecule has 0 radical (unpaired) electrons. The summed E-state index contributed by atoms with van der Waals surface area (Å²) in [6, 6.07) is 10.3. The molecule has 0 unspecified atom stereocenters. The van der Waals surface area contributed by atoms with Crippen LogP contribution in [-0.2, 0) is 0 Å². The molecule has 4 heteroatoms. The van der Waals surface area contributed by atoms with Crippen LogP contribution in [0.5, 0.6) is 0 Å². The number of likely N-dealkylation sites (tertiary alicyclic amines) is 1. The highest BCUT2D eigenvalue weighted by atomic mass is 32.1. The Morgan fingerprint density at radius 1 is 1.18 bits per heavy atom. The van der Waals surface area contributed by atoms with Crippen molar-refractivity contribution >= 4 is 17.2 Å². The molecule has 0 bridgehead atoms.